The third kappa shape index (κ3) is 3.41. The maximum Gasteiger partial charge on any atom is 0.305 e. The number of thiophene rings is 1. The zero-order valence-electron chi connectivity index (χ0n) is 13.1. The smallest absolute Gasteiger partial charge is 0.305 e. The molecule has 0 bridgehead atoms. The summed E-state index contributed by atoms with van der Waals surface area (Å²) in [6.07, 6.45) is 1.97. The second-order valence-electron chi connectivity index (χ2n) is 5.99. The first-order chi connectivity index (χ1) is 10.1. The molecule has 0 radical (unpaired) electrons. The number of hydrogen-bond acceptors (Lipinski definition) is 7. The Morgan fingerprint density at radius 3 is 2.64 bits per heavy atom. The number of nitrogens with zero attached hydrogens (tertiary/aromatic N) is 3. The third-order valence-corrected chi connectivity index (χ3v) is 7.13. The van der Waals surface area contributed by atoms with Gasteiger partial charge < -0.3 is 9.80 Å². The number of anilines is 1. The predicted octanol–water partition coefficient (Wildman–Crippen LogP) is 1.84. The van der Waals surface area contributed by atoms with Crippen molar-refractivity contribution >= 4 is 31.9 Å². The summed E-state index contributed by atoms with van der Waals surface area (Å²) in [4.78, 5) is 14.9. The van der Waals surface area contributed by atoms with E-state index in [9.17, 15) is 18.5 Å². The fourth-order valence-electron chi connectivity index (χ4n) is 2.98. The van der Waals surface area contributed by atoms with E-state index >= 15 is 0 Å². The van der Waals surface area contributed by atoms with Gasteiger partial charge in [0.2, 0.25) is 0 Å². The van der Waals surface area contributed by atoms with Crippen LogP contribution in [-0.4, -0.2) is 57.7 Å². The van der Waals surface area contributed by atoms with Crippen LogP contribution in [0.5, 0.6) is 0 Å². The summed E-state index contributed by atoms with van der Waals surface area (Å²) in [5, 5.41) is 11.7. The zero-order valence-corrected chi connectivity index (χ0v) is 14.8. The summed E-state index contributed by atoms with van der Waals surface area (Å²) in [5.74, 6) is 0.354. The minimum atomic E-state index is -3.45. The molecule has 1 aliphatic heterocycles. The number of sulfone groups is 1. The van der Waals surface area contributed by atoms with Crippen LogP contribution in [0.15, 0.2) is 10.3 Å². The molecule has 22 heavy (non-hydrogen) atoms. The normalized spacial score (nSPS) is 23.5. The number of hydrogen-bond donors (Lipinski definition) is 0. The van der Waals surface area contributed by atoms with Gasteiger partial charge in [0, 0.05) is 32.0 Å². The molecule has 1 aliphatic rings. The van der Waals surface area contributed by atoms with E-state index in [1.807, 2.05) is 11.9 Å². The van der Waals surface area contributed by atoms with Crippen LogP contribution >= 0.6 is 11.3 Å². The van der Waals surface area contributed by atoms with Gasteiger partial charge in [-0.2, -0.15) is 0 Å². The second kappa shape index (κ2) is 6.13. The molecule has 0 spiro atoms. The van der Waals surface area contributed by atoms with Crippen LogP contribution in [0.25, 0.3) is 0 Å². The molecule has 7 nitrogen and oxygen atoms in total. The van der Waals surface area contributed by atoms with Gasteiger partial charge >= 0.3 is 5.69 Å². The first kappa shape index (κ1) is 17.2. The predicted molar refractivity (Wildman–Crippen MR) is 87.6 cm³/mol. The van der Waals surface area contributed by atoms with Gasteiger partial charge in [0.1, 0.15) is 4.21 Å². The highest BCUT2D eigenvalue weighted by atomic mass is 32.2. The molecule has 2 rings (SSSR count). The molecule has 9 heteroatoms. The first-order valence-electron chi connectivity index (χ1n) is 7.01. The van der Waals surface area contributed by atoms with Gasteiger partial charge in [-0.25, -0.2) is 8.42 Å². The molecule has 1 fully saturated rings. The van der Waals surface area contributed by atoms with E-state index in [0.717, 1.165) is 37.1 Å². The standard InChI is InChI=1S/C13H21N3O4S2/c1-9-8-14(2)6-5-10(9)15(3)13-11(16(17)18)7-12(21-13)22(4,19)20/h7,9-10H,5-6,8H2,1-4H3/t9-,10+/m0/s1. The van der Waals surface area contributed by atoms with Gasteiger partial charge in [0.15, 0.2) is 14.8 Å². The summed E-state index contributed by atoms with van der Waals surface area (Å²) >= 11 is 0.982. The van der Waals surface area contributed by atoms with Crippen molar-refractivity contribution in [2.24, 2.45) is 5.92 Å². The summed E-state index contributed by atoms with van der Waals surface area (Å²) in [6, 6.07) is 1.34. The highest BCUT2D eigenvalue weighted by Gasteiger charge is 2.33. The van der Waals surface area contributed by atoms with Crippen LogP contribution in [0.1, 0.15) is 13.3 Å². The SMILES string of the molecule is C[C@H]1CN(C)CC[C@H]1N(C)c1sc(S(C)(=O)=O)cc1[N+](=O)[O-]. The number of piperidine rings is 1. The van der Waals surface area contributed by atoms with Crippen LogP contribution in [-0.2, 0) is 9.84 Å². The zero-order chi connectivity index (χ0) is 16.7. The molecule has 1 aromatic rings. The molecule has 1 aromatic heterocycles. The van der Waals surface area contributed by atoms with Gasteiger partial charge in [0.25, 0.3) is 0 Å². The fourth-order valence-corrected chi connectivity index (χ4v) is 5.03. The van der Waals surface area contributed by atoms with Gasteiger partial charge in [-0.3, -0.25) is 10.1 Å². The maximum absolute atomic E-state index is 11.7. The van der Waals surface area contributed by atoms with E-state index in [-0.39, 0.29) is 15.9 Å². The quantitative estimate of drug-likeness (QED) is 0.610. The first-order valence-corrected chi connectivity index (χ1v) is 9.71. The Morgan fingerprint density at radius 1 is 1.50 bits per heavy atom. The second-order valence-corrected chi connectivity index (χ2v) is 9.26. The molecule has 0 aliphatic carbocycles. The molecule has 0 unspecified atom stereocenters. The minimum absolute atomic E-state index is 0.0432. The molecule has 0 aromatic carbocycles. The Hall–Kier alpha value is -1.19. The van der Waals surface area contributed by atoms with Crippen molar-refractivity contribution in [2.75, 3.05) is 38.3 Å². The Kier molecular flexibility index (Phi) is 4.78. The highest BCUT2D eigenvalue weighted by Crippen LogP contribution is 2.41. The van der Waals surface area contributed by atoms with E-state index in [1.54, 1.807) is 0 Å². The van der Waals surface area contributed by atoms with E-state index in [2.05, 4.69) is 18.9 Å². The molecule has 124 valence electrons. The third-order valence-electron chi connectivity index (χ3n) is 4.11. The molecule has 0 amide bonds. The van der Waals surface area contributed by atoms with Crippen molar-refractivity contribution in [2.45, 2.75) is 23.6 Å². The Labute approximate surface area is 134 Å². The lowest BCUT2D eigenvalue weighted by atomic mass is 9.93. The Bertz CT molecular complexity index is 671. The number of rotatable bonds is 4. The summed E-state index contributed by atoms with van der Waals surface area (Å²) in [7, 11) is 0.429. The fraction of sp³-hybridized carbons (Fsp3) is 0.692. The highest BCUT2D eigenvalue weighted by molar-refractivity contribution is 7.92. The van der Waals surface area contributed by atoms with Crippen LogP contribution in [0.4, 0.5) is 10.7 Å². The van der Waals surface area contributed by atoms with Crippen molar-refractivity contribution in [1.29, 1.82) is 0 Å². The van der Waals surface area contributed by atoms with Crippen LogP contribution < -0.4 is 4.90 Å². The Balaban J connectivity index is 2.38. The van der Waals surface area contributed by atoms with Crippen molar-refractivity contribution in [3.05, 3.63) is 16.2 Å². The van der Waals surface area contributed by atoms with E-state index < -0.39 is 14.8 Å². The average Bonchev–Trinajstić information content (AvgIpc) is 2.82. The van der Waals surface area contributed by atoms with Crippen LogP contribution in [0, 0.1) is 16.0 Å². The molecule has 0 N–H and O–H groups in total. The van der Waals surface area contributed by atoms with E-state index in [4.69, 9.17) is 0 Å². The van der Waals surface area contributed by atoms with Gasteiger partial charge in [-0.05, 0) is 25.9 Å². The monoisotopic (exact) mass is 347 g/mol. The maximum atomic E-state index is 11.7. The van der Waals surface area contributed by atoms with Crippen molar-refractivity contribution in [3.63, 3.8) is 0 Å². The lowest BCUT2D eigenvalue weighted by Gasteiger charge is -2.40. The van der Waals surface area contributed by atoms with E-state index in [0.29, 0.717) is 10.9 Å². The van der Waals surface area contributed by atoms with Crippen molar-refractivity contribution in [3.8, 4) is 0 Å². The van der Waals surface area contributed by atoms with Crippen molar-refractivity contribution < 1.29 is 13.3 Å². The number of nitro groups is 1. The van der Waals surface area contributed by atoms with Crippen LogP contribution in [0.2, 0.25) is 0 Å². The van der Waals surface area contributed by atoms with Crippen molar-refractivity contribution in [1.82, 2.24) is 4.90 Å². The van der Waals surface area contributed by atoms with Crippen LogP contribution in [0.3, 0.4) is 0 Å². The summed E-state index contributed by atoms with van der Waals surface area (Å²) in [6.45, 7) is 3.97. The minimum Gasteiger partial charge on any atom is -0.357 e. The summed E-state index contributed by atoms with van der Waals surface area (Å²) in [5.41, 5.74) is -0.126. The van der Waals surface area contributed by atoms with E-state index in [1.165, 1.54) is 6.07 Å². The van der Waals surface area contributed by atoms with Gasteiger partial charge in [-0.1, -0.05) is 18.3 Å². The Morgan fingerprint density at radius 2 is 2.14 bits per heavy atom. The molecular weight excluding hydrogens is 326 g/mol. The topological polar surface area (TPSA) is 83.8 Å². The lowest BCUT2D eigenvalue weighted by molar-refractivity contribution is -0.383. The molecule has 2 heterocycles. The largest absolute Gasteiger partial charge is 0.357 e. The lowest BCUT2D eigenvalue weighted by Crippen LogP contribution is -2.47. The molecule has 0 saturated carbocycles. The average molecular weight is 347 g/mol. The summed E-state index contributed by atoms with van der Waals surface area (Å²) < 4.78 is 23.4. The molecule has 1 saturated heterocycles. The van der Waals surface area contributed by atoms with Gasteiger partial charge in [-0.15, -0.1) is 0 Å². The van der Waals surface area contributed by atoms with Gasteiger partial charge in [0.05, 0.1) is 4.92 Å². The number of likely N-dealkylation sites (tertiary alicyclic amines) is 1. The molecule has 2 atom stereocenters. The molecular formula is C13H21N3O4S2.